The van der Waals surface area contributed by atoms with Crippen LogP contribution in [-0.4, -0.2) is 25.3 Å². The fraction of sp³-hybridized carbons (Fsp3) is 0.364. The Hall–Kier alpha value is -1.66. The second-order valence-electron chi connectivity index (χ2n) is 3.85. The van der Waals surface area contributed by atoms with Crippen molar-refractivity contribution in [1.29, 1.82) is 0 Å². The minimum absolute atomic E-state index is 0.196. The second-order valence-corrected chi connectivity index (χ2v) is 4.26. The molecule has 2 aromatic rings. The minimum Gasteiger partial charge on any atom is -0.484 e. The van der Waals surface area contributed by atoms with Crippen LogP contribution in [0.3, 0.4) is 0 Å². The summed E-state index contributed by atoms with van der Waals surface area (Å²) in [5.41, 5.74) is 0.741. The largest absolute Gasteiger partial charge is 0.484 e. The van der Waals surface area contributed by atoms with Crippen molar-refractivity contribution < 1.29 is 9.84 Å². The van der Waals surface area contributed by atoms with Gasteiger partial charge in [0.2, 0.25) is 5.82 Å². The molecule has 1 atom stereocenters. The molecule has 0 aliphatic carbocycles. The van der Waals surface area contributed by atoms with E-state index in [0.29, 0.717) is 16.6 Å². The van der Waals surface area contributed by atoms with E-state index in [4.69, 9.17) is 16.3 Å². The number of nitrogens with zero attached hydrogens (tertiary/aromatic N) is 4. The van der Waals surface area contributed by atoms with Crippen LogP contribution in [0.4, 0.5) is 0 Å². The molecule has 18 heavy (non-hydrogen) atoms. The van der Waals surface area contributed by atoms with Crippen molar-refractivity contribution in [2.75, 3.05) is 0 Å². The van der Waals surface area contributed by atoms with E-state index in [9.17, 15) is 5.11 Å². The van der Waals surface area contributed by atoms with Crippen LogP contribution in [0.2, 0.25) is 5.02 Å². The van der Waals surface area contributed by atoms with E-state index in [1.165, 1.54) is 4.80 Å². The summed E-state index contributed by atoms with van der Waals surface area (Å²) >= 11 is 6.05. The van der Waals surface area contributed by atoms with Crippen LogP contribution in [0.1, 0.15) is 24.4 Å². The van der Waals surface area contributed by atoms with Gasteiger partial charge in [-0.2, -0.15) is 4.80 Å². The van der Waals surface area contributed by atoms with Gasteiger partial charge in [-0.25, -0.2) is 0 Å². The Kier molecular flexibility index (Phi) is 3.78. The first-order chi connectivity index (χ1) is 8.56. The third-order valence-electron chi connectivity index (χ3n) is 2.34. The number of hydrogen-bond donors (Lipinski definition) is 1. The zero-order chi connectivity index (χ0) is 13.1. The molecule has 0 amide bonds. The Balaban J connectivity index is 2.05. The van der Waals surface area contributed by atoms with Crippen molar-refractivity contribution in [3.8, 4) is 5.75 Å². The number of aryl methyl sites for hydroxylation is 1. The van der Waals surface area contributed by atoms with Gasteiger partial charge in [0.1, 0.15) is 5.75 Å². The lowest BCUT2D eigenvalue weighted by atomic mass is 10.1. The van der Waals surface area contributed by atoms with Crippen LogP contribution in [0.25, 0.3) is 0 Å². The molecule has 0 radical (unpaired) electrons. The summed E-state index contributed by atoms with van der Waals surface area (Å²) in [7, 11) is 1.68. The number of aromatic nitrogens is 4. The molecule has 2 rings (SSSR count). The highest BCUT2D eigenvalue weighted by atomic mass is 35.5. The lowest BCUT2D eigenvalue weighted by molar-refractivity contribution is 0.199. The van der Waals surface area contributed by atoms with Crippen LogP contribution in [0.15, 0.2) is 18.2 Å². The molecule has 0 bridgehead atoms. The van der Waals surface area contributed by atoms with E-state index in [-0.39, 0.29) is 6.61 Å². The number of tetrazole rings is 1. The number of ether oxygens (including phenoxy) is 1. The molecule has 0 unspecified atom stereocenters. The quantitative estimate of drug-likeness (QED) is 0.910. The monoisotopic (exact) mass is 268 g/mol. The molecular weight excluding hydrogens is 256 g/mol. The summed E-state index contributed by atoms with van der Waals surface area (Å²) in [6, 6.07) is 5.14. The predicted octanol–water partition coefficient (Wildman–Crippen LogP) is 1.50. The molecule has 1 aromatic carbocycles. The average Bonchev–Trinajstić information content (AvgIpc) is 2.73. The fourth-order valence-corrected chi connectivity index (χ4v) is 1.66. The Bertz CT molecular complexity index is 542. The Labute approximate surface area is 109 Å². The Morgan fingerprint density at radius 1 is 1.50 bits per heavy atom. The first kappa shape index (κ1) is 12.8. The maximum absolute atomic E-state index is 9.42. The Morgan fingerprint density at radius 2 is 2.28 bits per heavy atom. The van der Waals surface area contributed by atoms with Crippen molar-refractivity contribution in [3.05, 3.63) is 34.6 Å². The van der Waals surface area contributed by atoms with Gasteiger partial charge >= 0.3 is 0 Å². The Morgan fingerprint density at radius 3 is 2.83 bits per heavy atom. The molecule has 0 saturated carbocycles. The van der Waals surface area contributed by atoms with Crippen molar-refractivity contribution in [2.24, 2.45) is 7.05 Å². The van der Waals surface area contributed by atoms with Crippen LogP contribution in [-0.2, 0) is 13.7 Å². The van der Waals surface area contributed by atoms with Gasteiger partial charge in [0.25, 0.3) is 0 Å². The lowest BCUT2D eigenvalue weighted by Crippen LogP contribution is -2.00. The number of aliphatic hydroxyl groups is 1. The topological polar surface area (TPSA) is 73.1 Å². The molecule has 96 valence electrons. The normalized spacial score (nSPS) is 12.4. The molecule has 0 aliphatic heterocycles. The van der Waals surface area contributed by atoms with E-state index >= 15 is 0 Å². The molecule has 7 heteroatoms. The van der Waals surface area contributed by atoms with Crippen LogP contribution >= 0.6 is 11.6 Å². The predicted molar refractivity (Wildman–Crippen MR) is 65.2 cm³/mol. The molecule has 0 fully saturated rings. The highest BCUT2D eigenvalue weighted by Crippen LogP contribution is 2.28. The highest BCUT2D eigenvalue weighted by molar-refractivity contribution is 6.32. The second kappa shape index (κ2) is 5.32. The van der Waals surface area contributed by atoms with Crippen molar-refractivity contribution in [2.45, 2.75) is 19.6 Å². The maximum Gasteiger partial charge on any atom is 0.212 e. The van der Waals surface area contributed by atoms with E-state index in [1.807, 2.05) is 0 Å². The zero-order valence-corrected chi connectivity index (χ0v) is 10.8. The summed E-state index contributed by atoms with van der Waals surface area (Å²) in [5.74, 6) is 1.00. The van der Waals surface area contributed by atoms with E-state index in [2.05, 4.69) is 15.4 Å². The first-order valence-corrected chi connectivity index (χ1v) is 5.77. The fourth-order valence-electron chi connectivity index (χ4n) is 1.42. The number of halogens is 1. The van der Waals surface area contributed by atoms with Crippen LogP contribution in [0.5, 0.6) is 5.75 Å². The number of rotatable bonds is 4. The molecule has 0 saturated heterocycles. The summed E-state index contributed by atoms with van der Waals surface area (Å²) in [4.78, 5) is 1.36. The summed E-state index contributed by atoms with van der Waals surface area (Å²) in [6.45, 7) is 1.87. The van der Waals surface area contributed by atoms with E-state index < -0.39 is 6.10 Å². The van der Waals surface area contributed by atoms with Gasteiger partial charge in [-0.3, -0.25) is 0 Å². The summed E-state index contributed by atoms with van der Waals surface area (Å²) in [6.07, 6.45) is -0.557. The number of benzene rings is 1. The highest BCUT2D eigenvalue weighted by Gasteiger charge is 2.08. The molecule has 6 nitrogen and oxygen atoms in total. The third kappa shape index (κ3) is 2.96. The smallest absolute Gasteiger partial charge is 0.212 e. The van der Waals surface area contributed by atoms with Crippen LogP contribution < -0.4 is 4.74 Å². The van der Waals surface area contributed by atoms with Crippen LogP contribution in [0, 0.1) is 0 Å². The molecule has 0 aliphatic rings. The van der Waals surface area contributed by atoms with Crippen molar-refractivity contribution in [1.82, 2.24) is 20.2 Å². The summed E-state index contributed by atoms with van der Waals surface area (Å²) < 4.78 is 5.48. The molecule has 1 heterocycles. The van der Waals surface area contributed by atoms with E-state index in [1.54, 1.807) is 32.2 Å². The number of hydrogen-bond acceptors (Lipinski definition) is 5. The van der Waals surface area contributed by atoms with Gasteiger partial charge < -0.3 is 9.84 Å². The average molecular weight is 269 g/mol. The first-order valence-electron chi connectivity index (χ1n) is 5.39. The SMILES string of the molecule is C[C@H](O)c1ccc(OCc2nnn(C)n2)c(Cl)c1. The maximum atomic E-state index is 9.42. The zero-order valence-electron chi connectivity index (χ0n) is 10.0. The lowest BCUT2D eigenvalue weighted by Gasteiger charge is -2.09. The molecule has 0 spiro atoms. The molecule has 1 aromatic heterocycles. The van der Waals surface area contributed by atoms with Gasteiger partial charge in [-0.15, -0.1) is 10.2 Å². The van der Waals surface area contributed by atoms with E-state index in [0.717, 1.165) is 5.56 Å². The standard InChI is InChI=1S/C11H13ClN4O2/c1-7(17)8-3-4-10(9(12)5-8)18-6-11-13-15-16(2)14-11/h3-5,7,17H,6H2,1-2H3/t7-/m0/s1. The molecule has 1 N–H and O–H groups in total. The summed E-state index contributed by atoms with van der Waals surface area (Å²) in [5, 5.41) is 21.3. The number of aliphatic hydroxyl groups excluding tert-OH is 1. The third-order valence-corrected chi connectivity index (χ3v) is 2.64. The van der Waals surface area contributed by atoms with Gasteiger partial charge in [-0.05, 0) is 29.8 Å². The van der Waals surface area contributed by atoms with Crippen molar-refractivity contribution >= 4 is 11.6 Å². The van der Waals surface area contributed by atoms with Gasteiger partial charge in [0.05, 0.1) is 18.2 Å². The van der Waals surface area contributed by atoms with Gasteiger partial charge in [0.15, 0.2) is 6.61 Å². The minimum atomic E-state index is -0.557. The van der Waals surface area contributed by atoms with Crippen molar-refractivity contribution in [3.63, 3.8) is 0 Å². The van der Waals surface area contributed by atoms with Gasteiger partial charge in [-0.1, -0.05) is 17.7 Å². The molecular formula is C11H13ClN4O2. The van der Waals surface area contributed by atoms with Gasteiger partial charge in [0, 0.05) is 0 Å².